The number of aromatic nitrogens is 2. The van der Waals surface area contributed by atoms with Gasteiger partial charge in [0.05, 0.1) is 6.54 Å². The fourth-order valence-electron chi connectivity index (χ4n) is 2.25. The van der Waals surface area contributed by atoms with Crippen molar-refractivity contribution in [2.45, 2.75) is 19.1 Å². The minimum absolute atomic E-state index is 0.127. The topological polar surface area (TPSA) is 60.2 Å². The molecule has 0 bridgehead atoms. The van der Waals surface area contributed by atoms with Crippen molar-refractivity contribution in [2.75, 3.05) is 11.9 Å². The standard InChI is InChI=1S/C18H16F3N3O2/c19-18(20,21)12-25-15-8-4-7-14(10-15)22-11-17-23-16(24-26-17)9-13-5-2-1-3-6-13/h1-8,10,22H,9,11-12H2. The molecule has 136 valence electrons. The number of alkyl halides is 3. The minimum atomic E-state index is -4.37. The Morgan fingerprint density at radius 3 is 2.62 bits per heavy atom. The van der Waals surface area contributed by atoms with E-state index in [-0.39, 0.29) is 12.3 Å². The van der Waals surface area contributed by atoms with Crippen LogP contribution in [0.1, 0.15) is 17.3 Å². The molecule has 0 atom stereocenters. The second-order valence-corrected chi connectivity index (χ2v) is 5.55. The molecule has 0 radical (unpaired) electrons. The van der Waals surface area contributed by atoms with Crippen LogP contribution in [-0.4, -0.2) is 22.9 Å². The lowest BCUT2D eigenvalue weighted by atomic mass is 10.1. The number of anilines is 1. The van der Waals surface area contributed by atoms with E-state index in [0.29, 0.717) is 23.8 Å². The maximum atomic E-state index is 12.2. The molecular weight excluding hydrogens is 347 g/mol. The molecule has 0 saturated carbocycles. The number of halogens is 3. The summed E-state index contributed by atoms with van der Waals surface area (Å²) in [5.41, 5.74) is 1.66. The van der Waals surface area contributed by atoms with Crippen molar-refractivity contribution in [3.05, 3.63) is 71.9 Å². The first-order valence-electron chi connectivity index (χ1n) is 7.87. The molecule has 1 heterocycles. The summed E-state index contributed by atoms with van der Waals surface area (Å²) in [6.07, 6.45) is -3.81. The predicted octanol–water partition coefficient (Wildman–Crippen LogP) is 4.21. The van der Waals surface area contributed by atoms with Crippen molar-refractivity contribution in [1.29, 1.82) is 0 Å². The zero-order chi connectivity index (χ0) is 18.4. The molecule has 0 fully saturated rings. The first kappa shape index (κ1) is 17.8. The average Bonchev–Trinajstić information content (AvgIpc) is 3.06. The molecule has 2 aromatic carbocycles. The van der Waals surface area contributed by atoms with Crippen LogP contribution in [0, 0.1) is 0 Å². The van der Waals surface area contributed by atoms with Gasteiger partial charge in [-0.2, -0.15) is 18.2 Å². The Bertz CT molecular complexity index is 835. The van der Waals surface area contributed by atoms with Gasteiger partial charge in [-0.3, -0.25) is 0 Å². The Morgan fingerprint density at radius 2 is 1.85 bits per heavy atom. The number of nitrogens with one attached hydrogen (secondary N) is 1. The third kappa shape index (κ3) is 5.51. The van der Waals surface area contributed by atoms with Crippen molar-refractivity contribution in [2.24, 2.45) is 0 Å². The first-order chi connectivity index (χ1) is 12.5. The molecule has 3 rings (SSSR count). The van der Waals surface area contributed by atoms with E-state index in [1.165, 1.54) is 12.1 Å². The van der Waals surface area contributed by atoms with Crippen LogP contribution in [0.25, 0.3) is 0 Å². The number of hydrogen-bond donors (Lipinski definition) is 1. The van der Waals surface area contributed by atoms with E-state index in [0.717, 1.165) is 5.56 Å². The van der Waals surface area contributed by atoms with Gasteiger partial charge in [-0.05, 0) is 17.7 Å². The van der Waals surface area contributed by atoms with E-state index >= 15 is 0 Å². The Labute approximate surface area is 147 Å². The molecule has 0 saturated heterocycles. The third-order valence-electron chi connectivity index (χ3n) is 3.40. The second kappa shape index (κ2) is 7.90. The third-order valence-corrected chi connectivity index (χ3v) is 3.40. The highest BCUT2D eigenvalue weighted by Gasteiger charge is 2.28. The molecule has 26 heavy (non-hydrogen) atoms. The quantitative estimate of drug-likeness (QED) is 0.681. The lowest BCUT2D eigenvalue weighted by Gasteiger charge is -2.10. The molecule has 0 spiro atoms. The molecule has 1 aromatic heterocycles. The fraction of sp³-hybridized carbons (Fsp3) is 0.222. The van der Waals surface area contributed by atoms with Crippen molar-refractivity contribution in [3.63, 3.8) is 0 Å². The molecule has 0 unspecified atom stereocenters. The van der Waals surface area contributed by atoms with Crippen molar-refractivity contribution in [1.82, 2.24) is 10.1 Å². The Hall–Kier alpha value is -3.03. The summed E-state index contributed by atoms with van der Waals surface area (Å²) in [7, 11) is 0. The molecule has 0 aliphatic heterocycles. The fourth-order valence-corrected chi connectivity index (χ4v) is 2.25. The highest BCUT2D eigenvalue weighted by molar-refractivity contribution is 5.48. The summed E-state index contributed by atoms with van der Waals surface area (Å²) in [6.45, 7) is -1.08. The molecule has 0 amide bonds. The van der Waals surface area contributed by atoms with Crippen LogP contribution in [-0.2, 0) is 13.0 Å². The van der Waals surface area contributed by atoms with Crippen LogP contribution in [0.5, 0.6) is 5.75 Å². The van der Waals surface area contributed by atoms with Crippen LogP contribution in [0.2, 0.25) is 0 Å². The molecule has 3 aromatic rings. The first-order valence-corrected chi connectivity index (χ1v) is 7.87. The number of hydrogen-bond acceptors (Lipinski definition) is 5. The summed E-state index contributed by atoms with van der Waals surface area (Å²) < 4.78 is 46.5. The van der Waals surface area contributed by atoms with Gasteiger partial charge >= 0.3 is 6.18 Å². The van der Waals surface area contributed by atoms with E-state index < -0.39 is 12.8 Å². The van der Waals surface area contributed by atoms with Gasteiger partial charge in [0.25, 0.3) is 0 Å². The lowest BCUT2D eigenvalue weighted by Crippen LogP contribution is -2.19. The highest BCUT2D eigenvalue weighted by atomic mass is 19.4. The van der Waals surface area contributed by atoms with Crippen LogP contribution >= 0.6 is 0 Å². The van der Waals surface area contributed by atoms with Crippen molar-refractivity contribution in [3.8, 4) is 5.75 Å². The van der Waals surface area contributed by atoms with E-state index in [1.807, 2.05) is 30.3 Å². The van der Waals surface area contributed by atoms with Crippen molar-refractivity contribution >= 4 is 5.69 Å². The molecular formula is C18H16F3N3O2. The van der Waals surface area contributed by atoms with Crippen LogP contribution in [0.4, 0.5) is 18.9 Å². The maximum Gasteiger partial charge on any atom is 0.422 e. The van der Waals surface area contributed by atoms with Crippen LogP contribution < -0.4 is 10.1 Å². The summed E-state index contributed by atoms with van der Waals surface area (Å²) >= 11 is 0. The molecule has 8 heteroatoms. The van der Waals surface area contributed by atoms with Gasteiger partial charge in [-0.15, -0.1) is 0 Å². The summed E-state index contributed by atoms with van der Waals surface area (Å²) in [5, 5.41) is 6.94. The second-order valence-electron chi connectivity index (χ2n) is 5.55. The van der Waals surface area contributed by atoms with E-state index in [1.54, 1.807) is 12.1 Å². The van der Waals surface area contributed by atoms with Gasteiger partial charge in [-0.25, -0.2) is 0 Å². The Balaban J connectivity index is 1.54. The molecule has 5 nitrogen and oxygen atoms in total. The maximum absolute atomic E-state index is 12.2. The zero-order valence-electron chi connectivity index (χ0n) is 13.7. The van der Waals surface area contributed by atoms with Gasteiger partial charge in [0.2, 0.25) is 5.89 Å². The number of nitrogens with zero attached hydrogens (tertiary/aromatic N) is 2. The summed E-state index contributed by atoms with van der Waals surface area (Å²) in [5.74, 6) is 1.08. The minimum Gasteiger partial charge on any atom is -0.484 e. The molecule has 1 N–H and O–H groups in total. The average molecular weight is 363 g/mol. The van der Waals surface area contributed by atoms with Gasteiger partial charge < -0.3 is 14.6 Å². The van der Waals surface area contributed by atoms with Gasteiger partial charge in [0, 0.05) is 18.2 Å². The van der Waals surface area contributed by atoms with Gasteiger partial charge in [-0.1, -0.05) is 41.6 Å². The highest BCUT2D eigenvalue weighted by Crippen LogP contribution is 2.21. The monoisotopic (exact) mass is 363 g/mol. The van der Waals surface area contributed by atoms with E-state index in [2.05, 4.69) is 15.5 Å². The summed E-state index contributed by atoms with van der Waals surface area (Å²) in [6, 6.07) is 16.0. The lowest BCUT2D eigenvalue weighted by molar-refractivity contribution is -0.153. The Kier molecular flexibility index (Phi) is 5.40. The number of ether oxygens (including phenoxy) is 1. The number of benzene rings is 2. The largest absolute Gasteiger partial charge is 0.484 e. The predicted molar refractivity (Wildman–Crippen MR) is 88.9 cm³/mol. The van der Waals surface area contributed by atoms with Crippen molar-refractivity contribution < 1.29 is 22.4 Å². The van der Waals surface area contributed by atoms with Crippen LogP contribution in [0.15, 0.2) is 59.1 Å². The smallest absolute Gasteiger partial charge is 0.422 e. The van der Waals surface area contributed by atoms with E-state index in [9.17, 15) is 13.2 Å². The Morgan fingerprint density at radius 1 is 1.04 bits per heavy atom. The molecule has 0 aliphatic rings. The zero-order valence-corrected chi connectivity index (χ0v) is 13.7. The SMILES string of the molecule is FC(F)(F)COc1cccc(NCc2nc(Cc3ccccc3)no2)c1. The normalized spacial score (nSPS) is 11.3. The van der Waals surface area contributed by atoms with Crippen LogP contribution in [0.3, 0.4) is 0 Å². The number of rotatable bonds is 7. The van der Waals surface area contributed by atoms with E-state index in [4.69, 9.17) is 9.26 Å². The molecule has 0 aliphatic carbocycles. The van der Waals surface area contributed by atoms with Gasteiger partial charge in [0.15, 0.2) is 12.4 Å². The summed E-state index contributed by atoms with van der Waals surface area (Å²) in [4.78, 5) is 4.29. The van der Waals surface area contributed by atoms with Gasteiger partial charge in [0.1, 0.15) is 5.75 Å².